The van der Waals surface area contributed by atoms with E-state index in [1.807, 2.05) is 0 Å². The van der Waals surface area contributed by atoms with Crippen molar-refractivity contribution in [2.24, 2.45) is 10.7 Å². The van der Waals surface area contributed by atoms with Gasteiger partial charge in [-0.1, -0.05) is 15.9 Å². The maximum absolute atomic E-state index is 12.1. The molecule has 6 heteroatoms. The van der Waals surface area contributed by atoms with Gasteiger partial charge in [0.15, 0.2) is 0 Å². The Balaban J connectivity index is 2.90. The molecule has 0 saturated heterocycles. The van der Waals surface area contributed by atoms with Crippen LogP contribution in [0.2, 0.25) is 0 Å². The van der Waals surface area contributed by atoms with E-state index in [4.69, 9.17) is 5.73 Å². The number of nitrogens with two attached hydrogens (primary N) is 1. The molecule has 1 rings (SSSR count). The fourth-order valence-corrected chi connectivity index (χ4v) is 1.32. The molecule has 0 aromatic heterocycles. The Morgan fingerprint density at radius 3 is 2.29 bits per heavy atom. The first-order chi connectivity index (χ1) is 7.79. The number of halogens is 4. The summed E-state index contributed by atoms with van der Waals surface area (Å²) in [6.45, 7) is 1.46. The Kier molecular flexibility index (Phi) is 4.34. The third-order valence-electron chi connectivity index (χ3n) is 1.82. The zero-order valence-corrected chi connectivity index (χ0v) is 10.5. The van der Waals surface area contributed by atoms with E-state index in [9.17, 15) is 13.2 Å². The first-order valence-electron chi connectivity index (χ1n) is 4.64. The van der Waals surface area contributed by atoms with Gasteiger partial charge in [-0.25, -0.2) is 0 Å². The number of benzene rings is 1. The van der Waals surface area contributed by atoms with E-state index in [1.165, 1.54) is 6.92 Å². The maximum Gasteiger partial charge on any atom is 0.430 e. The lowest BCUT2D eigenvalue weighted by Gasteiger charge is -2.05. The van der Waals surface area contributed by atoms with Gasteiger partial charge in [0.2, 0.25) is 0 Å². The monoisotopic (exact) mass is 306 g/mol. The molecule has 0 saturated carbocycles. The van der Waals surface area contributed by atoms with Crippen LogP contribution in [0.25, 0.3) is 0 Å². The van der Waals surface area contributed by atoms with Crippen molar-refractivity contribution in [2.75, 3.05) is 0 Å². The smallest absolute Gasteiger partial charge is 0.395 e. The Morgan fingerprint density at radius 1 is 1.29 bits per heavy atom. The molecule has 2 N–H and O–H groups in total. The molecule has 0 spiro atoms. The molecule has 92 valence electrons. The first kappa shape index (κ1) is 13.8. The van der Waals surface area contributed by atoms with Gasteiger partial charge in [0.25, 0.3) is 0 Å². The average Bonchev–Trinajstić information content (AvgIpc) is 2.20. The van der Waals surface area contributed by atoms with Crippen molar-refractivity contribution < 1.29 is 13.2 Å². The van der Waals surface area contributed by atoms with Crippen LogP contribution in [0, 0.1) is 0 Å². The summed E-state index contributed by atoms with van der Waals surface area (Å²) in [5, 5.41) is 0. The molecule has 0 radical (unpaired) electrons. The minimum absolute atomic E-state index is 0.196. The van der Waals surface area contributed by atoms with Gasteiger partial charge in [-0.3, -0.25) is 4.99 Å². The number of allylic oxidation sites excluding steroid dienone is 2. The minimum Gasteiger partial charge on any atom is -0.395 e. The molecule has 0 aliphatic heterocycles. The van der Waals surface area contributed by atoms with Crippen LogP contribution in [-0.4, -0.2) is 11.9 Å². The highest BCUT2D eigenvalue weighted by atomic mass is 79.9. The first-order valence-corrected chi connectivity index (χ1v) is 5.43. The summed E-state index contributed by atoms with van der Waals surface area (Å²) < 4.78 is 37.3. The summed E-state index contributed by atoms with van der Waals surface area (Å²) in [4.78, 5) is 3.99. The zero-order chi connectivity index (χ0) is 13.1. The van der Waals surface area contributed by atoms with Crippen molar-refractivity contribution in [1.82, 2.24) is 0 Å². The average molecular weight is 307 g/mol. The van der Waals surface area contributed by atoms with Gasteiger partial charge in [-0.2, -0.15) is 13.2 Å². The Bertz CT molecular complexity index is 447. The third-order valence-corrected chi connectivity index (χ3v) is 2.35. The molecule has 0 amide bonds. The summed E-state index contributed by atoms with van der Waals surface area (Å²) in [6.07, 6.45) is -3.71. The molecule has 2 nitrogen and oxygen atoms in total. The molecular weight excluding hydrogens is 297 g/mol. The van der Waals surface area contributed by atoms with Crippen molar-refractivity contribution >= 4 is 27.3 Å². The number of aliphatic imine (C=N–C) groups is 1. The van der Waals surface area contributed by atoms with Crippen molar-refractivity contribution in [3.63, 3.8) is 0 Å². The molecule has 17 heavy (non-hydrogen) atoms. The lowest BCUT2D eigenvalue weighted by molar-refractivity contribution is -0.0925. The van der Waals surface area contributed by atoms with Crippen molar-refractivity contribution in [1.29, 1.82) is 0 Å². The molecule has 1 aromatic rings. The van der Waals surface area contributed by atoms with Crippen LogP contribution in [0.5, 0.6) is 0 Å². The van der Waals surface area contributed by atoms with Crippen molar-refractivity contribution in [3.05, 3.63) is 40.5 Å². The SMILES string of the molecule is CC(/C=C(\N)C(F)(F)F)=Nc1ccc(Br)cc1. The van der Waals surface area contributed by atoms with E-state index >= 15 is 0 Å². The van der Waals surface area contributed by atoms with Crippen LogP contribution >= 0.6 is 15.9 Å². The van der Waals surface area contributed by atoms with Gasteiger partial charge in [0.1, 0.15) is 5.70 Å². The van der Waals surface area contributed by atoms with Gasteiger partial charge in [-0.15, -0.1) is 0 Å². The highest BCUT2D eigenvalue weighted by molar-refractivity contribution is 9.10. The highest BCUT2D eigenvalue weighted by Gasteiger charge is 2.31. The molecule has 0 unspecified atom stereocenters. The van der Waals surface area contributed by atoms with Crippen LogP contribution < -0.4 is 5.73 Å². The standard InChI is InChI=1S/C11H10BrF3N2/c1-7(6-10(16)11(13,14)15)17-9-4-2-8(12)3-5-9/h2-6H,16H2,1H3/b10-6-,17-7?. The highest BCUT2D eigenvalue weighted by Crippen LogP contribution is 2.22. The Labute approximate surface area is 105 Å². The van der Waals surface area contributed by atoms with E-state index in [0.29, 0.717) is 5.69 Å². The molecule has 1 aromatic carbocycles. The molecular formula is C11H10BrF3N2. The van der Waals surface area contributed by atoms with Crippen LogP contribution in [0.15, 0.2) is 45.5 Å². The van der Waals surface area contributed by atoms with E-state index in [2.05, 4.69) is 20.9 Å². The fraction of sp³-hybridized carbons (Fsp3) is 0.182. The summed E-state index contributed by atoms with van der Waals surface area (Å²) in [5.41, 5.74) is 4.48. The van der Waals surface area contributed by atoms with Crippen LogP contribution in [0.1, 0.15) is 6.92 Å². The van der Waals surface area contributed by atoms with Gasteiger partial charge in [0, 0.05) is 10.2 Å². The summed E-state index contributed by atoms with van der Waals surface area (Å²) in [7, 11) is 0. The van der Waals surface area contributed by atoms with Gasteiger partial charge >= 0.3 is 6.18 Å². The number of nitrogens with zero attached hydrogens (tertiary/aromatic N) is 1. The van der Waals surface area contributed by atoms with Crippen molar-refractivity contribution in [2.45, 2.75) is 13.1 Å². The Hall–Kier alpha value is -1.30. The van der Waals surface area contributed by atoms with Gasteiger partial charge in [-0.05, 0) is 37.3 Å². The molecule has 0 aliphatic rings. The molecule has 0 fully saturated rings. The third kappa shape index (κ3) is 4.60. The largest absolute Gasteiger partial charge is 0.430 e. The number of hydrogen-bond acceptors (Lipinski definition) is 2. The summed E-state index contributed by atoms with van der Waals surface area (Å²) in [6, 6.07) is 6.88. The summed E-state index contributed by atoms with van der Waals surface area (Å²) >= 11 is 3.25. The number of alkyl halides is 3. The van der Waals surface area contributed by atoms with E-state index in [-0.39, 0.29) is 5.71 Å². The van der Waals surface area contributed by atoms with Crippen molar-refractivity contribution in [3.8, 4) is 0 Å². The van der Waals surface area contributed by atoms with Gasteiger partial charge in [0.05, 0.1) is 5.69 Å². The predicted octanol–water partition coefficient (Wildman–Crippen LogP) is 3.95. The van der Waals surface area contributed by atoms with Crippen LogP contribution in [0.4, 0.5) is 18.9 Å². The lowest BCUT2D eigenvalue weighted by Crippen LogP contribution is -2.20. The van der Waals surface area contributed by atoms with E-state index < -0.39 is 11.9 Å². The number of rotatable bonds is 2. The molecule has 0 aliphatic carbocycles. The van der Waals surface area contributed by atoms with Crippen LogP contribution in [-0.2, 0) is 0 Å². The van der Waals surface area contributed by atoms with Gasteiger partial charge < -0.3 is 5.73 Å². The zero-order valence-electron chi connectivity index (χ0n) is 8.92. The second-order valence-corrected chi connectivity index (χ2v) is 4.24. The fourth-order valence-electron chi connectivity index (χ4n) is 1.06. The summed E-state index contributed by atoms with van der Waals surface area (Å²) in [5.74, 6) is 0. The Morgan fingerprint density at radius 2 is 1.82 bits per heavy atom. The number of hydrogen-bond donors (Lipinski definition) is 1. The second-order valence-electron chi connectivity index (χ2n) is 3.33. The molecule has 0 atom stereocenters. The lowest BCUT2D eigenvalue weighted by atomic mass is 10.3. The molecule has 0 heterocycles. The predicted molar refractivity (Wildman–Crippen MR) is 65.2 cm³/mol. The topological polar surface area (TPSA) is 38.4 Å². The van der Waals surface area contributed by atoms with E-state index in [0.717, 1.165) is 10.5 Å². The second kappa shape index (κ2) is 5.35. The van der Waals surface area contributed by atoms with Crippen LogP contribution in [0.3, 0.4) is 0 Å². The van der Waals surface area contributed by atoms with E-state index in [1.54, 1.807) is 24.3 Å². The quantitative estimate of drug-likeness (QED) is 0.826. The normalized spacial score (nSPS) is 13.9. The molecule has 0 bridgehead atoms. The minimum atomic E-state index is -4.52. The maximum atomic E-state index is 12.1.